The van der Waals surface area contributed by atoms with E-state index in [0.717, 1.165) is 16.7 Å². The third-order valence-corrected chi connectivity index (χ3v) is 2.74. The Morgan fingerprint density at radius 3 is 2.47 bits per heavy atom. The van der Waals surface area contributed by atoms with Gasteiger partial charge in [0.15, 0.2) is 0 Å². The van der Waals surface area contributed by atoms with Crippen LogP contribution in [0.25, 0.3) is 10.9 Å². The third kappa shape index (κ3) is 1.78. The molecule has 0 spiro atoms. The average Bonchev–Trinajstić information content (AvgIpc) is 2.51. The van der Waals surface area contributed by atoms with Crippen molar-refractivity contribution < 1.29 is 17.6 Å². The van der Waals surface area contributed by atoms with Gasteiger partial charge in [0.2, 0.25) is 0 Å². The molecule has 0 aliphatic carbocycles. The van der Waals surface area contributed by atoms with Crippen LogP contribution in [0, 0.1) is 5.82 Å². The van der Waals surface area contributed by atoms with E-state index in [0.29, 0.717) is 5.39 Å². The van der Waals surface area contributed by atoms with Crippen molar-refractivity contribution in [2.45, 2.75) is 12.7 Å². The van der Waals surface area contributed by atoms with Crippen LogP contribution in [0.3, 0.4) is 0 Å². The molecular weight excluding hydrogens is 236 g/mol. The highest BCUT2D eigenvalue weighted by atomic mass is 19.4. The number of nitrogens with zero attached hydrogens (tertiary/aromatic N) is 1. The Kier molecular flexibility index (Phi) is 2.61. The third-order valence-electron chi connectivity index (χ3n) is 2.74. The molecule has 0 atom stereocenters. The minimum atomic E-state index is -4.50. The molecule has 1 aromatic heterocycles. The zero-order chi connectivity index (χ0) is 12.8. The molecule has 0 saturated carbocycles. The van der Waals surface area contributed by atoms with Crippen LogP contribution in [0.4, 0.5) is 17.6 Å². The number of rotatable bonds is 1. The number of hydrogen-bond acceptors (Lipinski definition) is 1. The van der Waals surface area contributed by atoms with Crippen LogP contribution in [0.5, 0.6) is 0 Å². The average molecular weight is 246 g/mol. The van der Waals surface area contributed by atoms with Gasteiger partial charge in [-0.25, -0.2) is 4.39 Å². The second kappa shape index (κ2) is 3.73. The molecule has 0 bridgehead atoms. The second-order valence-electron chi connectivity index (χ2n) is 3.75. The van der Waals surface area contributed by atoms with Gasteiger partial charge < -0.3 is 10.3 Å². The highest BCUT2D eigenvalue weighted by Crippen LogP contribution is 2.37. The van der Waals surface area contributed by atoms with Crippen LogP contribution in [0.2, 0.25) is 0 Å². The maximum absolute atomic E-state index is 13.0. The molecule has 2 aromatic rings. The largest absolute Gasteiger partial charge is 0.431 e. The molecule has 6 heteroatoms. The Morgan fingerprint density at radius 2 is 1.94 bits per heavy atom. The summed E-state index contributed by atoms with van der Waals surface area (Å²) < 4.78 is 52.6. The second-order valence-corrected chi connectivity index (χ2v) is 3.75. The first-order chi connectivity index (χ1) is 7.86. The van der Waals surface area contributed by atoms with E-state index in [9.17, 15) is 17.6 Å². The summed E-state index contributed by atoms with van der Waals surface area (Å²) in [5, 5.41) is 0.337. The van der Waals surface area contributed by atoms with Gasteiger partial charge in [0, 0.05) is 24.5 Å². The van der Waals surface area contributed by atoms with Gasteiger partial charge in [0.25, 0.3) is 0 Å². The summed E-state index contributed by atoms with van der Waals surface area (Å²) in [7, 11) is 1.25. The predicted molar refractivity (Wildman–Crippen MR) is 55.8 cm³/mol. The minimum Gasteiger partial charge on any atom is -0.340 e. The lowest BCUT2D eigenvalue weighted by Gasteiger charge is -2.10. The van der Waals surface area contributed by atoms with E-state index in [1.54, 1.807) is 0 Å². The summed E-state index contributed by atoms with van der Waals surface area (Å²) in [5.41, 5.74) is 4.73. The van der Waals surface area contributed by atoms with Crippen LogP contribution in [-0.2, 0) is 19.8 Å². The number of benzene rings is 1. The summed E-state index contributed by atoms with van der Waals surface area (Å²) in [4.78, 5) is 0. The SMILES string of the molecule is Cn1c(C(F)(F)F)c(CN)c2ccc(F)cc21. The molecule has 0 radical (unpaired) electrons. The van der Waals surface area contributed by atoms with Gasteiger partial charge in [-0.2, -0.15) is 13.2 Å². The topological polar surface area (TPSA) is 30.9 Å². The number of halogens is 4. The molecule has 0 unspecified atom stereocenters. The van der Waals surface area contributed by atoms with E-state index in [2.05, 4.69) is 0 Å². The molecule has 92 valence electrons. The van der Waals surface area contributed by atoms with Gasteiger partial charge in [-0.3, -0.25) is 0 Å². The molecule has 2 nitrogen and oxygen atoms in total. The standard InChI is InChI=1S/C11H10F4N2/c1-17-9-4-6(12)2-3-7(9)8(5-16)10(17)11(13,14)15/h2-4H,5,16H2,1H3. The van der Waals surface area contributed by atoms with E-state index < -0.39 is 17.7 Å². The molecule has 2 N–H and O–H groups in total. The first-order valence-corrected chi connectivity index (χ1v) is 4.90. The first kappa shape index (κ1) is 11.9. The van der Waals surface area contributed by atoms with Gasteiger partial charge in [0.05, 0.1) is 5.52 Å². The summed E-state index contributed by atoms with van der Waals surface area (Å²) >= 11 is 0. The smallest absolute Gasteiger partial charge is 0.340 e. The maximum atomic E-state index is 13.0. The molecule has 0 saturated heterocycles. The van der Waals surface area contributed by atoms with Crippen LogP contribution < -0.4 is 5.73 Å². The van der Waals surface area contributed by atoms with Crippen molar-refractivity contribution >= 4 is 10.9 Å². The molecule has 1 aromatic carbocycles. The lowest BCUT2D eigenvalue weighted by atomic mass is 10.1. The zero-order valence-electron chi connectivity index (χ0n) is 8.98. The molecule has 1 heterocycles. The molecule has 0 fully saturated rings. The molecule has 0 aliphatic heterocycles. The van der Waals surface area contributed by atoms with Crippen LogP contribution in [-0.4, -0.2) is 4.57 Å². The van der Waals surface area contributed by atoms with Gasteiger partial charge in [-0.1, -0.05) is 0 Å². The van der Waals surface area contributed by atoms with Gasteiger partial charge in [-0.15, -0.1) is 0 Å². The maximum Gasteiger partial charge on any atom is 0.431 e. The number of aromatic nitrogens is 1. The zero-order valence-corrected chi connectivity index (χ0v) is 8.98. The number of hydrogen-bond donors (Lipinski definition) is 1. The lowest BCUT2D eigenvalue weighted by molar-refractivity contribution is -0.143. The van der Waals surface area contributed by atoms with Gasteiger partial charge in [0.1, 0.15) is 11.5 Å². The summed E-state index contributed by atoms with van der Waals surface area (Å²) in [6, 6.07) is 3.52. The van der Waals surface area contributed by atoms with Crippen LogP contribution in [0.1, 0.15) is 11.3 Å². The molecule has 17 heavy (non-hydrogen) atoms. The fourth-order valence-corrected chi connectivity index (χ4v) is 2.06. The summed E-state index contributed by atoms with van der Waals surface area (Å²) in [5.74, 6) is -0.574. The fraction of sp³-hybridized carbons (Fsp3) is 0.273. The number of nitrogens with two attached hydrogens (primary N) is 1. The van der Waals surface area contributed by atoms with E-state index >= 15 is 0 Å². The highest BCUT2D eigenvalue weighted by Gasteiger charge is 2.37. The van der Waals surface area contributed by atoms with E-state index in [-0.39, 0.29) is 17.6 Å². The van der Waals surface area contributed by atoms with Crippen LogP contribution in [0.15, 0.2) is 18.2 Å². The van der Waals surface area contributed by atoms with E-state index in [4.69, 9.17) is 5.73 Å². The van der Waals surface area contributed by atoms with Crippen molar-refractivity contribution in [3.05, 3.63) is 35.3 Å². The Bertz CT molecular complexity index is 569. The van der Waals surface area contributed by atoms with Crippen LogP contribution >= 0.6 is 0 Å². The normalized spacial score (nSPS) is 12.4. The quantitative estimate of drug-likeness (QED) is 0.771. The highest BCUT2D eigenvalue weighted by molar-refractivity contribution is 5.85. The van der Waals surface area contributed by atoms with Gasteiger partial charge >= 0.3 is 6.18 Å². The molecule has 0 amide bonds. The minimum absolute atomic E-state index is 0.00463. The Hall–Kier alpha value is -1.56. The monoisotopic (exact) mass is 246 g/mol. The van der Waals surface area contributed by atoms with Gasteiger partial charge in [-0.05, 0) is 18.2 Å². The van der Waals surface area contributed by atoms with Crippen molar-refractivity contribution in [3.63, 3.8) is 0 Å². The van der Waals surface area contributed by atoms with Crippen molar-refractivity contribution in [2.75, 3.05) is 0 Å². The molecular formula is C11H10F4N2. The molecule has 2 rings (SSSR count). The Balaban J connectivity index is 2.88. The van der Waals surface area contributed by atoms with E-state index in [1.165, 1.54) is 13.1 Å². The Morgan fingerprint density at radius 1 is 1.29 bits per heavy atom. The van der Waals surface area contributed by atoms with Crippen molar-refractivity contribution in [1.82, 2.24) is 4.57 Å². The van der Waals surface area contributed by atoms with Crippen molar-refractivity contribution in [1.29, 1.82) is 0 Å². The Labute approximate surface area is 94.6 Å². The fourth-order valence-electron chi connectivity index (χ4n) is 2.06. The summed E-state index contributed by atoms with van der Waals surface area (Å²) in [6.45, 7) is -0.238. The first-order valence-electron chi connectivity index (χ1n) is 4.90. The molecule has 0 aliphatic rings. The predicted octanol–water partition coefficient (Wildman–Crippen LogP) is 2.79. The van der Waals surface area contributed by atoms with Crippen molar-refractivity contribution in [3.8, 4) is 0 Å². The number of aryl methyl sites for hydroxylation is 1. The van der Waals surface area contributed by atoms with E-state index in [1.807, 2.05) is 0 Å². The number of fused-ring (bicyclic) bond motifs is 1. The number of alkyl halides is 3. The summed E-state index contributed by atoms with van der Waals surface area (Å²) in [6.07, 6.45) is -4.50. The lowest BCUT2D eigenvalue weighted by Crippen LogP contribution is -2.15. The van der Waals surface area contributed by atoms with Crippen molar-refractivity contribution in [2.24, 2.45) is 12.8 Å².